The number of sulfonamides is 1. The zero-order chi connectivity index (χ0) is 15.5. The summed E-state index contributed by atoms with van der Waals surface area (Å²) in [4.78, 5) is 2.62. The summed E-state index contributed by atoms with van der Waals surface area (Å²) >= 11 is 0. The van der Waals surface area contributed by atoms with Gasteiger partial charge in [0, 0.05) is 6.54 Å². The molecule has 1 fully saturated rings. The fourth-order valence-corrected chi connectivity index (χ4v) is 3.55. The molecule has 1 saturated heterocycles. The summed E-state index contributed by atoms with van der Waals surface area (Å²) in [5.74, 6) is 0.737. The second-order valence-electron chi connectivity index (χ2n) is 5.68. The van der Waals surface area contributed by atoms with Crippen LogP contribution in [0, 0.1) is 13.8 Å². The Morgan fingerprint density at radius 2 is 1.86 bits per heavy atom. The van der Waals surface area contributed by atoms with Crippen LogP contribution in [-0.4, -0.2) is 39.6 Å². The summed E-state index contributed by atoms with van der Waals surface area (Å²) in [6.07, 6.45) is 3.58. The van der Waals surface area contributed by atoms with Crippen LogP contribution in [-0.2, 0) is 10.0 Å². The molecule has 0 unspecified atom stereocenters. The van der Waals surface area contributed by atoms with E-state index in [0.29, 0.717) is 12.2 Å². The van der Waals surface area contributed by atoms with Gasteiger partial charge in [-0.25, -0.2) is 13.6 Å². The predicted octanol–water partition coefficient (Wildman–Crippen LogP) is 1.82. The predicted molar refractivity (Wildman–Crippen MR) is 83.1 cm³/mol. The van der Waals surface area contributed by atoms with Crippen LogP contribution in [0.4, 0.5) is 0 Å². The summed E-state index contributed by atoms with van der Waals surface area (Å²) in [5, 5.41) is 5.19. The maximum absolute atomic E-state index is 11.5. The van der Waals surface area contributed by atoms with E-state index in [1.54, 1.807) is 19.1 Å². The highest BCUT2D eigenvalue weighted by molar-refractivity contribution is 7.89. The van der Waals surface area contributed by atoms with Crippen molar-refractivity contribution in [2.45, 2.75) is 38.0 Å². The number of nitrogens with zero attached hydrogens (tertiary/aromatic N) is 1. The summed E-state index contributed by atoms with van der Waals surface area (Å²) in [5.41, 5.74) is 1.42. The third-order valence-electron chi connectivity index (χ3n) is 3.85. The van der Waals surface area contributed by atoms with Crippen molar-refractivity contribution in [2.24, 2.45) is 5.14 Å². The first-order chi connectivity index (χ1) is 9.88. The molecular weight excluding hydrogens is 288 g/mol. The first-order valence-electron chi connectivity index (χ1n) is 7.37. The van der Waals surface area contributed by atoms with Crippen molar-refractivity contribution in [3.63, 3.8) is 0 Å². The zero-order valence-corrected chi connectivity index (χ0v) is 13.6. The summed E-state index contributed by atoms with van der Waals surface area (Å²) < 4.78 is 28.7. The van der Waals surface area contributed by atoms with Crippen LogP contribution in [0.15, 0.2) is 17.0 Å². The topological polar surface area (TPSA) is 72.6 Å². The van der Waals surface area contributed by atoms with E-state index >= 15 is 0 Å². The maximum Gasteiger partial charge on any atom is 0.238 e. The van der Waals surface area contributed by atoms with Gasteiger partial charge >= 0.3 is 0 Å². The van der Waals surface area contributed by atoms with Crippen molar-refractivity contribution >= 4 is 10.0 Å². The molecule has 6 heteroatoms. The minimum atomic E-state index is -3.67. The second-order valence-corrected chi connectivity index (χ2v) is 7.21. The molecule has 0 aliphatic carbocycles. The smallest absolute Gasteiger partial charge is 0.238 e. The Morgan fingerprint density at radius 3 is 2.48 bits per heavy atom. The van der Waals surface area contributed by atoms with Crippen LogP contribution in [0.25, 0.3) is 0 Å². The van der Waals surface area contributed by atoms with Gasteiger partial charge in [0.05, 0.1) is 11.5 Å². The largest absolute Gasteiger partial charge is 0.493 e. The molecule has 2 rings (SSSR count). The molecule has 0 atom stereocenters. The molecule has 21 heavy (non-hydrogen) atoms. The lowest BCUT2D eigenvalue weighted by atomic mass is 10.1. The molecule has 1 aliphatic rings. The fourth-order valence-electron chi connectivity index (χ4n) is 2.70. The number of hydrogen-bond donors (Lipinski definition) is 1. The van der Waals surface area contributed by atoms with Crippen molar-refractivity contribution in [3.8, 4) is 5.75 Å². The number of likely N-dealkylation sites (tertiary alicyclic amines) is 1. The highest BCUT2D eigenvalue weighted by atomic mass is 32.2. The number of ether oxygens (including phenoxy) is 1. The van der Waals surface area contributed by atoms with Crippen LogP contribution in [0.5, 0.6) is 5.75 Å². The van der Waals surface area contributed by atoms with Gasteiger partial charge < -0.3 is 9.64 Å². The van der Waals surface area contributed by atoms with Gasteiger partial charge in [-0.15, -0.1) is 0 Å². The van der Waals surface area contributed by atoms with E-state index in [2.05, 4.69) is 4.90 Å². The number of rotatable bonds is 6. The monoisotopic (exact) mass is 312 g/mol. The quantitative estimate of drug-likeness (QED) is 0.813. The molecule has 1 aromatic carbocycles. The van der Waals surface area contributed by atoms with Gasteiger partial charge in [0.1, 0.15) is 5.75 Å². The summed E-state index contributed by atoms with van der Waals surface area (Å²) in [7, 11) is -3.67. The molecular formula is C15H24N2O3S. The van der Waals surface area contributed by atoms with E-state index in [1.165, 1.54) is 25.9 Å². The molecule has 0 bridgehead atoms. The fraction of sp³-hybridized carbons (Fsp3) is 0.600. The van der Waals surface area contributed by atoms with Gasteiger partial charge in [-0.05, 0) is 69.5 Å². The van der Waals surface area contributed by atoms with Gasteiger partial charge in [-0.1, -0.05) is 0 Å². The average molecular weight is 312 g/mol. The number of nitrogens with two attached hydrogens (primary N) is 1. The van der Waals surface area contributed by atoms with Crippen LogP contribution < -0.4 is 9.88 Å². The summed E-state index contributed by atoms with van der Waals surface area (Å²) in [6.45, 7) is 7.67. The molecule has 1 aliphatic heterocycles. The molecule has 5 nitrogen and oxygen atoms in total. The standard InChI is InChI=1S/C15H24N2O3S/c1-12-11-15(21(16,18)19)13(2)10-14(12)20-9-5-8-17-6-3-4-7-17/h10-11H,3-9H2,1-2H3,(H2,16,18,19). The van der Waals surface area contributed by atoms with Gasteiger partial charge in [0.15, 0.2) is 0 Å². The molecule has 0 amide bonds. The first-order valence-corrected chi connectivity index (χ1v) is 8.92. The molecule has 1 heterocycles. The molecule has 0 saturated carbocycles. The number of hydrogen-bond acceptors (Lipinski definition) is 4. The SMILES string of the molecule is Cc1cc(S(N)(=O)=O)c(C)cc1OCCCN1CCCC1. The minimum Gasteiger partial charge on any atom is -0.493 e. The second kappa shape index (κ2) is 6.77. The van der Waals surface area contributed by atoms with Gasteiger partial charge in [-0.2, -0.15) is 0 Å². The van der Waals surface area contributed by atoms with Crippen LogP contribution in [0.2, 0.25) is 0 Å². The van der Waals surface area contributed by atoms with Crippen LogP contribution >= 0.6 is 0 Å². The lowest BCUT2D eigenvalue weighted by Crippen LogP contribution is -2.22. The molecule has 0 radical (unpaired) electrons. The van der Waals surface area contributed by atoms with Crippen molar-refractivity contribution in [1.82, 2.24) is 4.90 Å². The van der Waals surface area contributed by atoms with Gasteiger partial charge in [0.2, 0.25) is 10.0 Å². The van der Waals surface area contributed by atoms with Crippen LogP contribution in [0.3, 0.4) is 0 Å². The Bertz CT molecular complexity index is 593. The molecule has 1 aromatic rings. The normalized spacial score (nSPS) is 16.3. The first kappa shape index (κ1) is 16.3. The van der Waals surface area contributed by atoms with E-state index in [-0.39, 0.29) is 4.90 Å². The third-order valence-corrected chi connectivity index (χ3v) is 4.91. The summed E-state index contributed by atoms with van der Waals surface area (Å²) in [6, 6.07) is 3.34. The van der Waals surface area contributed by atoms with Crippen LogP contribution in [0.1, 0.15) is 30.4 Å². The highest BCUT2D eigenvalue weighted by Gasteiger charge is 2.15. The third kappa shape index (κ3) is 4.43. The lowest BCUT2D eigenvalue weighted by molar-refractivity contribution is 0.262. The van der Waals surface area contributed by atoms with Gasteiger partial charge in [0.25, 0.3) is 0 Å². The Kier molecular flexibility index (Phi) is 5.24. The Labute approximate surface area is 127 Å². The van der Waals surface area contributed by atoms with E-state index in [4.69, 9.17) is 9.88 Å². The number of primary sulfonamides is 1. The molecule has 118 valence electrons. The van der Waals surface area contributed by atoms with Crippen molar-refractivity contribution in [3.05, 3.63) is 23.3 Å². The molecule has 0 aromatic heterocycles. The van der Waals surface area contributed by atoms with Crippen molar-refractivity contribution in [1.29, 1.82) is 0 Å². The van der Waals surface area contributed by atoms with E-state index in [9.17, 15) is 8.42 Å². The Morgan fingerprint density at radius 1 is 1.19 bits per heavy atom. The van der Waals surface area contributed by atoms with Crippen molar-refractivity contribution in [2.75, 3.05) is 26.2 Å². The lowest BCUT2D eigenvalue weighted by Gasteiger charge is -2.16. The maximum atomic E-state index is 11.5. The van der Waals surface area contributed by atoms with E-state index in [0.717, 1.165) is 24.3 Å². The van der Waals surface area contributed by atoms with Gasteiger partial charge in [-0.3, -0.25) is 0 Å². The highest BCUT2D eigenvalue weighted by Crippen LogP contribution is 2.25. The molecule has 0 spiro atoms. The molecule has 2 N–H and O–H groups in total. The number of aryl methyl sites for hydroxylation is 2. The average Bonchev–Trinajstić information content (AvgIpc) is 2.90. The van der Waals surface area contributed by atoms with E-state index in [1.807, 2.05) is 6.92 Å². The van der Waals surface area contributed by atoms with E-state index < -0.39 is 10.0 Å². The Hall–Kier alpha value is -1.11. The zero-order valence-electron chi connectivity index (χ0n) is 12.8. The van der Waals surface area contributed by atoms with Crippen molar-refractivity contribution < 1.29 is 13.2 Å². The number of benzene rings is 1. The Balaban J connectivity index is 1.93. The minimum absolute atomic E-state index is 0.171.